The molecule has 1 heterocycles. The number of carbonyl (C=O) groups excluding carboxylic acids is 2. The molecule has 0 aliphatic heterocycles. The maximum atomic E-state index is 12.1. The number of hydrogen-bond donors (Lipinski definition) is 2. The van der Waals surface area contributed by atoms with Crippen molar-refractivity contribution in [3.8, 4) is 0 Å². The number of nitrogens with one attached hydrogen (secondary N) is 2. The van der Waals surface area contributed by atoms with Gasteiger partial charge in [-0.05, 0) is 17.5 Å². The van der Waals surface area contributed by atoms with E-state index in [0.717, 1.165) is 29.1 Å². The predicted molar refractivity (Wildman–Crippen MR) is 97.3 cm³/mol. The zero-order chi connectivity index (χ0) is 20.3. The number of hydrazine groups is 1. The van der Waals surface area contributed by atoms with E-state index in [2.05, 4.69) is 10.9 Å². The second-order valence-corrected chi connectivity index (χ2v) is 5.76. The van der Waals surface area contributed by atoms with Crippen molar-refractivity contribution in [2.75, 3.05) is 0 Å². The predicted octanol–water partition coefficient (Wildman–Crippen LogP) is 1.92. The smallest absolute Gasteiger partial charge is 0.277 e. The molecule has 0 fully saturated rings. The Bertz CT molecular complexity index is 1070. The maximum Gasteiger partial charge on any atom is 0.277 e. The van der Waals surface area contributed by atoms with Gasteiger partial charge in [0.2, 0.25) is 0 Å². The number of nitro groups is 2. The minimum atomic E-state index is -0.919. The number of para-hydroxylation sites is 1. The van der Waals surface area contributed by atoms with Gasteiger partial charge in [-0.3, -0.25) is 40.7 Å². The average molecular weight is 383 g/mol. The lowest BCUT2D eigenvalue weighted by atomic mass is 10.1. The Morgan fingerprint density at radius 1 is 0.929 bits per heavy atom. The molecule has 0 aliphatic rings. The van der Waals surface area contributed by atoms with Crippen molar-refractivity contribution in [1.82, 2.24) is 15.4 Å². The van der Waals surface area contributed by atoms with E-state index in [1.807, 2.05) is 30.3 Å². The monoisotopic (exact) mass is 383 g/mol. The maximum absolute atomic E-state index is 12.1. The van der Waals surface area contributed by atoms with Gasteiger partial charge in [0, 0.05) is 23.8 Å². The number of non-ortho nitro benzene ring substituents is 2. The molecule has 11 heteroatoms. The molecule has 11 nitrogen and oxygen atoms in total. The van der Waals surface area contributed by atoms with Crippen LogP contribution in [0.25, 0.3) is 10.9 Å². The van der Waals surface area contributed by atoms with Gasteiger partial charge >= 0.3 is 0 Å². The van der Waals surface area contributed by atoms with E-state index in [0.29, 0.717) is 0 Å². The van der Waals surface area contributed by atoms with Gasteiger partial charge in [0.15, 0.2) is 0 Å². The highest BCUT2D eigenvalue weighted by molar-refractivity contribution is 5.96. The van der Waals surface area contributed by atoms with E-state index in [1.165, 1.54) is 0 Å². The lowest BCUT2D eigenvalue weighted by Crippen LogP contribution is -2.43. The third kappa shape index (κ3) is 3.93. The first-order valence-electron chi connectivity index (χ1n) is 7.92. The summed E-state index contributed by atoms with van der Waals surface area (Å²) in [5, 5.41) is 22.7. The van der Waals surface area contributed by atoms with E-state index < -0.39 is 33.0 Å². The number of benzene rings is 2. The molecule has 1 aromatic heterocycles. The van der Waals surface area contributed by atoms with Gasteiger partial charge in [0.1, 0.15) is 6.54 Å². The van der Waals surface area contributed by atoms with Crippen molar-refractivity contribution in [1.29, 1.82) is 0 Å². The highest BCUT2D eigenvalue weighted by atomic mass is 16.6. The number of nitrogens with zero attached hydrogens (tertiary/aromatic N) is 3. The molecule has 2 aromatic carbocycles. The third-order valence-corrected chi connectivity index (χ3v) is 3.90. The fourth-order valence-corrected chi connectivity index (χ4v) is 2.61. The Labute approximate surface area is 156 Å². The number of fused-ring (bicyclic) bond motifs is 1. The van der Waals surface area contributed by atoms with Gasteiger partial charge in [-0.15, -0.1) is 0 Å². The summed E-state index contributed by atoms with van der Waals surface area (Å²) in [4.78, 5) is 44.3. The van der Waals surface area contributed by atoms with Crippen LogP contribution in [-0.2, 0) is 11.3 Å². The van der Waals surface area contributed by atoms with Crippen LogP contribution in [0.1, 0.15) is 10.4 Å². The van der Waals surface area contributed by atoms with Crippen molar-refractivity contribution < 1.29 is 19.4 Å². The van der Waals surface area contributed by atoms with Crippen LogP contribution < -0.4 is 10.9 Å². The van der Waals surface area contributed by atoms with Crippen LogP contribution in [0, 0.1) is 20.2 Å². The normalized spacial score (nSPS) is 10.4. The molecule has 0 saturated carbocycles. The first-order chi connectivity index (χ1) is 13.3. The fourth-order valence-electron chi connectivity index (χ4n) is 2.61. The van der Waals surface area contributed by atoms with Crippen LogP contribution in [0.5, 0.6) is 0 Å². The second kappa shape index (κ2) is 7.53. The highest BCUT2D eigenvalue weighted by Gasteiger charge is 2.20. The largest absolute Gasteiger partial charge is 0.338 e. The highest BCUT2D eigenvalue weighted by Crippen LogP contribution is 2.22. The molecule has 0 unspecified atom stereocenters. The summed E-state index contributed by atoms with van der Waals surface area (Å²) in [5.74, 6) is -1.47. The zero-order valence-electron chi connectivity index (χ0n) is 14.2. The SMILES string of the molecule is O=C(Cn1ccc2ccccc21)NNC(=O)c1cc([N+](=O)[O-])cc([N+](=O)[O-])c1. The standard InChI is InChI=1S/C17H13N5O6/c23-16(10-20-6-5-11-3-1-2-4-15(11)20)18-19-17(24)12-7-13(21(25)26)9-14(8-12)22(27)28/h1-9H,10H2,(H,18,23)(H,19,24). The van der Waals surface area contributed by atoms with Crippen LogP contribution >= 0.6 is 0 Å². The van der Waals surface area contributed by atoms with E-state index in [9.17, 15) is 29.8 Å². The topological polar surface area (TPSA) is 149 Å². The van der Waals surface area contributed by atoms with E-state index >= 15 is 0 Å². The van der Waals surface area contributed by atoms with Crippen molar-refractivity contribution in [3.05, 3.63) is 80.5 Å². The Morgan fingerprint density at radius 3 is 2.21 bits per heavy atom. The molecule has 3 aromatic rings. The molecule has 28 heavy (non-hydrogen) atoms. The molecule has 0 bridgehead atoms. The molecular formula is C17H13N5O6. The molecule has 2 N–H and O–H groups in total. The van der Waals surface area contributed by atoms with Gasteiger partial charge in [-0.25, -0.2) is 0 Å². The molecule has 2 amide bonds. The summed E-state index contributed by atoms with van der Waals surface area (Å²) in [5.41, 5.74) is 3.57. The fraction of sp³-hybridized carbons (Fsp3) is 0.0588. The zero-order valence-corrected chi connectivity index (χ0v) is 14.2. The van der Waals surface area contributed by atoms with Crippen molar-refractivity contribution in [3.63, 3.8) is 0 Å². The summed E-state index contributed by atoms with van der Waals surface area (Å²) < 4.78 is 1.68. The first-order valence-corrected chi connectivity index (χ1v) is 7.92. The Balaban J connectivity index is 1.69. The molecule has 0 saturated heterocycles. The number of rotatable bonds is 5. The average Bonchev–Trinajstić information content (AvgIpc) is 3.08. The summed E-state index contributed by atoms with van der Waals surface area (Å²) in [7, 11) is 0. The number of carbonyl (C=O) groups is 2. The molecule has 0 radical (unpaired) electrons. The minimum Gasteiger partial charge on any atom is -0.338 e. The molecule has 3 rings (SSSR count). The Hall–Kier alpha value is -4.28. The minimum absolute atomic E-state index is 0.0805. The molecule has 142 valence electrons. The lowest BCUT2D eigenvalue weighted by molar-refractivity contribution is -0.394. The van der Waals surface area contributed by atoms with Crippen LogP contribution in [0.3, 0.4) is 0 Å². The van der Waals surface area contributed by atoms with Crippen LogP contribution in [-0.4, -0.2) is 26.2 Å². The third-order valence-electron chi connectivity index (χ3n) is 3.90. The van der Waals surface area contributed by atoms with Crippen LogP contribution in [0.2, 0.25) is 0 Å². The Kier molecular flexibility index (Phi) is 4.98. The summed E-state index contributed by atoms with van der Waals surface area (Å²) in [6, 6.07) is 11.8. The lowest BCUT2D eigenvalue weighted by Gasteiger charge is -2.09. The van der Waals surface area contributed by atoms with Crippen LogP contribution in [0.15, 0.2) is 54.7 Å². The van der Waals surface area contributed by atoms with E-state index in [-0.39, 0.29) is 12.1 Å². The quantitative estimate of drug-likeness (QED) is 0.508. The van der Waals surface area contributed by atoms with Crippen molar-refractivity contribution in [2.24, 2.45) is 0 Å². The van der Waals surface area contributed by atoms with Gasteiger partial charge in [0.25, 0.3) is 23.2 Å². The Morgan fingerprint density at radius 2 is 1.57 bits per heavy atom. The van der Waals surface area contributed by atoms with E-state index in [4.69, 9.17) is 0 Å². The van der Waals surface area contributed by atoms with Crippen molar-refractivity contribution >= 4 is 34.1 Å². The van der Waals surface area contributed by atoms with Gasteiger partial charge in [-0.1, -0.05) is 18.2 Å². The first kappa shape index (κ1) is 18.5. The summed E-state index contributed by atoms with van der Waals surface area (Å²) in [6.45, 7) is -0.0805. The van der Waals surface area contributed by atoms with Gasteiger partial charge in [0.05, 0.1) is 21.5 Å². The number of nitro benzene ring substituents is 2. The molecular weight excluding hydrogens is 370 g/mol. The van der Waals surface area contributed by atoms with E-state index in [1.54, 1.807) is 10.8 Å². The summed E-state index contributed by atoms with van der Waals surface area (Å²) in [6.07, 6.45) is 1.72. The van der Waals surface area contributed by atoms with Gasteiger partial charge in [-0.2, -0.15) is 0 Å². The number of hydrogen-bond acceptors (Lipinski definition) is 6. The molecule has 0 aliphatic carbocycles. The number of amides is 2. The van der Waals surface area contributed by atoms with Crippen molar-refractivity contribution in [2.45, 2.75) is 6.54 Å². The van der Waals surface area contributed by atoms with Crippen LogP contribution in [0.4, 0.5) is 11.4 Å². The molecule has 0 spiro atoms. The van der Waals surface area contributed by atoms with Gasteiger partial charge < -0.3 is 4.57 Å². The molecule has 0 atom stereocenters. The second-order valence-electron chi connectivity index (χ2n) is 5.76. The summed E-state index contributed by atoms with van der Waals surface area (Å²) >= 11 is 0. The number of aromatic nitrogens is 1.